The van der Waals surface area contributed by atoms with Crippen molar-refractivity contribution in [3.63, 3.8) is 0 Å². The Morgan fingerprint density at radius 3 is 2.52 bits per heavy atom. The van der Waals surface area contributed by atoms with Gasteiger partial charge in [0.2, 0.25) is 10.0 Å². The molecule has 1 saturated carbocycles. The smallest absolute Gasteiger partial charge is 0.240 e. The zero-order chi connectivity index (χ0) is 15.7. The summed E-state index contributed by atoms with van der Waals surface area (Å²) >= 11 is 6.07. The van der Waals surface area contributed by atoms with Crippen molar-refractivity contribution in [2.75, 3.05) is 13.6 Å². The molecule has 2 N–H and O–H groups in total. The van der Waals surface area contributed by atoms with Crippen LogP contribution in [0.4, 0.5) is 0 Å². The van der Waals surface area contributed by atoms with Crippen LogP contribution >= 0.6 is 11.6 Å². The van der Waals surface area contributed by atoms with Crippen LogP contribution in [0.2, 0.25) is 5.02 Å². The van der Waals surface area contributed by atoms with Crippen LogP contribution in [0.25, 0.3) is 0 Å². The average Bonchev–Trinajstić information content (AvgIpc) is 2.38. The van der Waals surface area contributed by atoms with E-state index in [0.29, 0.717) is 18.1 Å². The fourth-order valence-corrected chi connectivity index (χ4v) is 4.48. The van der Waals surface area contributed by atoms with Crippen LogP contribution in [0.1, 0.15) is 37.3 Å². The third-order valence-corrected chi connectivity index (χ3v) is 6.08. The summed E-state index contributed by atoms with van der Waals surface area (Å²) in [4.78, 5) is 0.281. The van der Waals surface area contributed by atoms with Gasteiger partial charge in [0.25, 0.3) is 0 Å². The van der Waals surface area contributed by atoms with Gasteiger partial charge in [-0.3, -0.25) is 0 Å². The lowest BCUT2D eigenvalue weighted by Gasteiger charge is -2.38. The van der Waals surface area contributed by atoms with Gasteiger partial charge in [0.05, 0.1) is 4.90 Å². The van der Waals surface area contributed by atoms with E-state index in [4.69, 9.17) is 11.6 Å². The lowest BCUT2D eigenvalue weighted by molar-refractivity contribution is 0.166. The summed E-state index contributed by atoms with van der Waals surface area (Å²) in [6.45, 7) is 5.02. The molecule has 0 aliphatic heterocycles. The molecule has 6 heteroatoms. The van der Waals surface area contributed by atoms with Gasteiger partial charge >= 0.3 is 0 Å². The highest BCUT2D eigenvalue weighted by molar-refractivity contribution is 7.89. The summed E-state index contributed by atoms with van der Waals surface area (Å²) in [6.07, 6.45) is 3.34. The van der Waals surface area contributed by atoms with Crippen LogP contribution < -0.4 is 10.0 Å². The summed E-state index contributed by atoms with van der Waals surface area (Å²) in [6, 6.07) is 3.33. The predicted octanol–water partition coefficient (Wildman–Crippen LogP) is 2.84. The van der Waals surface area contributed by atoms with Gasteiger partial charge in [-0.2, -0.15) is 0 Å². The number of sulfonamides is 1. The minimum Gasteiger partial charge on any atom is -0.316 e. The maximum atomic E-state index is 12.6. The third kappa shape index (κ3) is 3.77. The standard InChI is InChI=1S/C15H23ClN2O2S/c1-11-12(9-17-3)7-13(16)8-14(11)21(19,20)18-10-15(2)5-4-6-15/h7-8,17-18H,4-6,9-10H2,1-3H3. The van der Waals surface area contributed by atoms with Gasteiger partial charge in [0.1, 0.15) is 0 Å². The summed E-state index contributed by atoms with van der Waals surface area (Å²) in [5, 5.41) is 3.48. The van der Waals surface area contributed by atoms with E-state index in [9.17, 15) is 8.42 Å². The average molecular weight is 331 g/mol. The van der Waals surface area contributed by atoms with Gasteiger partial charge in [-0.15, -0.1) is 0 Å². The molecule has 4 nitrogen and oxygen atoms in total. The Labute approximate surface area is 132 Å². The molecule has 0 amide bonds. The Morgan fingerprint density at radius 1 is 1.33 bits per heavy atom. The molecule has 0 unspecified atom stereocenters. The lowest BCUT2D eigenvalue weighted by atomic mass is 9.71. The first-order chi connectivity index (χ1) is 9.77. The number of halogens is 1. The van der Waals surface area contributed by atoms with Crippen molar-refractivity contribution in [2.45, 2.75) is 44.6 Å². The number of rotatable bonds is 6. The van der Waals surface area contributed by atoms with E-state index in [2.05, 4.69) is 17.0 Å². The molecule has 118 valence electrons. The van der Waals surface area contributed by atoms with E-state index in [1.54, 1.807) is 6.07 Å². The molecule has 0 spiro atoms. The second-order valence-electron chi connectivity index (χ2n) is 6.21. The van der Waals surface area contributed by atoms with Crippen molar-refractivity contribution in [1.82, 2.24) is 10.0 Å². The highest BCUT2D eigenvalue weighted by Crippen LogP contribution is 2.39. The molecule has 0 bridgehead atoms. The van der Waals surface area contributed by atoms with Gasteiger partial charge in [-0.25, -0.2) is 13.1 Å². The predicted molar refractivity (Wildman–Crippen MR) is 86.1 cm³/mol. The van der Waals surface area contributed by atoms with Crippen LogP contribution in [0.15, 0.2) is 17.0 Å². The maximum absolute atomic E-state index is 12.6. The van der Waals surface area contributed by atoms with E-state index >= 15 is 0 Å². The van der Waals surface area contributed by atoms with E-state index in [1.807, 2.05) is 14.0 Å². The Bertz CT molecular complexity index is 625. The van der Waals surface area contributed by atoms with Crippen molar-refractivity contribution in [3.8, 4) is 0 Å². The van der Waals surface area contributed by atoms with Gasteiger partial charge in [0, 0.05) is 18.1 Å². The second-order valence-corrected chi connectivity index (χ2v) is 8.38. The number of hydrogen-bond acceptors (Lipinski definition) is 3. The van der Waals surface area contributed by atoms with Crippen molar-refractivity contribution in [3.05, 3.63) is 28.3 Å². The first kappa shape index (κ1) is 16.7. The molecule has 1 fully saturated rings. The molecular formula is C15H23ClN2O2S. The normalized spacial score (nSPS) is 17.5. The Morgan fingerprint density at radius 2 is 2.00 bits per heavy atom. The molecule has 0 aromatic heterocycles. The van der Waals surface area contributed by atoms with Crippen molar-refractivity contribution < 1.29 is 8.42 Å². The number of benzene rings is 1. The summed E-state index contributed by atoms with van der Waals surface area (Å²) < 4.78 is 27.9. The van der Waals surface area contributed by atoms with Crippen LogP contribution in [0.3, 0.4) is 0 Å². The van der Waals surface area contributed by atoms with Crippen LogP contribution in [0.5, 0.6) is 0 Å². The third-order valence-electron chi connectivity index (χ3n) is 4.34. The number of hydrogen-bond donors (Lipinski definition) is 2. The van der Waals surface area contributed by atoms with Crippen LogP contribution in [0, 0.1) is 12.3 Å². The first-order valence-electron chi connectivity index (χ1n) is 7.21. The molecule has 1 aliphatic rings. The minimum atomic E-state index is -3.53. The van der Waals surface area contributed by atoms with Crippen LogP contribution in [-0.2, 0) is 16.6 Å². The largest absolute Gasteiger partial charge is 0.316 e. The van der Waals surface area contributed by atoms with Gasteiger partial charge in [0.15, 0.2) is 0 Å². The quantitative estimate of drug-likeness (QED) is 0.843. The van der Waals surface area contributed by atoms with Gasteiger partial charge in [-0.1, -0.05) is 24.9 Å². The first-order valence-corrected chi connectivity index (χ1v) is 9.07. The fourth-order valence-electron chi connectivity index (χ4n) is 2.67. The van der Waals surface area contributed by atoms with Gasteiger partial charge in [-0.05, 0) is 55.5 Å². The molecule has 21 heavy (non-hydrogen) atoms. The second kappa shape index (κ2) is 6.24. The van der Waals surface area contributed by atoms with E-state index in [1.165, 1.54) is 12.5 Å². The lowest BCUT2D eigenvalue weighted by Crippen LogP contribution is -2.40. The van der Waals surface area contributed by atoms with E-state index < -0.39 is 10.0 Å². The van der Waals surface area contributed by atoms with Crippen molar-refractivity contribution in [2.24, 2.45) is 5.41 Å². The molecule has 2 rings (SSSR count). The highest BCUT2D eigenvalue weighted by Gasteiger charge is 2.33. The monoisotopic (exact) mass is 330 g/mol. The number of nitrogens with one attached hydrogen (secondary N) is 2. The summed E-state index contributed by atoms with van der Waals surface area (Å²) in [5.74, 6) is 0. The van der Waals surface area contributed by atoms with Gasteiger partial charge < -0.3 is 5.32 Å². The molecular weight excluding hydrogens is 308 g/mol. The fraction of sp³-hybridized carbons (Fsp3) is 0.600. The molecule has 1 aromatic rings. The summed E-state index contributed by atoms with van der Waals surface area (Å²) in [5.41, 5.74) is 1.76. The van der Waals surface area contributed by atoms with E-state index in [-0.39, 0.29) is 10.3 Å². The Hall–Kier alpha value is -0.620. The Kier molecular flexibility index (Phi) is 4.98. The molecule has 0 radical (unpaired) electrons. The molecule has 1 aliphatic carbocycles. The summed E-state index contributed by atoms with van der Waals surface area (Å²) in [7, 11) is -1.70. The molecule has 0 heterocycles. The Balaban J connectivity index is 2.26. The van der Waals surface area contributed by atoms with E-state index in [0.717, 1.165) is 24.0 Å². The van der Waals surface area contributed by atoms with Crippen LogP contribution in [-0.4, -0.2) is 22.0 Å². The molecule has 0 atom stereocenters. The molecule has 1 aromatic carbocycles. The molecule has 0 saturated heterocycles. The minimum absolute atomic E-state index is 0.105. The maximum Gasteiger partial charge on any atom is 0.240 e. The SMILES string of the molecule is CNCc1cc(Cl)cc(S(=O)(=O)NCC2(C)CCC2)c1C. The highest BCUT2D eigenvalue weighted by atomic mass is 35.5. The zero-order valence-corrected chi connectivity index (χ0v) is 14.4. The topological polar surface area (TPSA) is 58.2 Å². The van der Waals surface area contributed by atoms with Crippen molar-refractivity contribution >= 4 is 21.6 Å². The zero-order valence-electron chi connectivity index (χ0n) is 12.8. The van der Waals surface area contributed by atoms with Crippen molar-refractivity contribution in [1.29, 1.82) is 0 Å².